The molecular weight excluding hydrogens is 332 g/mol. The third kappa shape index (κ3) is 3.39. The Balaban J connectivity index is 2.86. The van der Waals surface area contributed by atoms with E-state index in [4.69, 9.17) is 11.5 Å². The van der Waals surface area contributed by atoms with Gasteiger partial charge in [-0.05, 0) is 59.4 Å². The summed E-state index contributed by atoms with van der Waals surface area (Å²) in [6, 6.07) is 6.39. The van der Waals surface area contributed by atoms with E-state index in [1.807, 2.05) is 13.8 Å². The summed E-state index contributed by atoms with van der Waals surface area (Å²) >= 11 is 0. The van der Waals surface area contributed by atoms with E-state index in [0.29, 0.717) is 25.4 Å². The van der Waals surface area contributed by atoms with Gasteiger partial charge in [-0.1, -0.05) is 13.8 Å². The first-order valence-electron chi connectivity index (χ1n) is 8.22. The molecule has 0 bridgehead atoms. The molecule has 0 aliphatic rings. The predicted octanol–water partition coefficient (Wildman–Crippen LogP) is 2.30. The van der Waals surface area contributed by atoms with Crippen molar-refractivity contribution in [2.24, 2.45) is 11.5 Å². The fraction of sp³-hybridized carbons (Fsp3) is 0.200. The number of aldehydes is 2. The molecule has 6 heteroatoms. The first-order valence-corrected chi connectivity index (χ1v) is 8.22. The van der Waals surface area contributed by atoms with Gasteiger partial charge in [-0.3, -0.25) is 19.2 Å². The summed E-state index contributed by atoms with van der Waals surface area (Å²) < 4.78 is 0. The van der Waals surface area contributed by atoms with Crippen molar-refractivity contribution in [2.45, 2.75) is 26.7 Å². The number of hydrogen-bond acceptors (Lipinski definition) is 4. The molecule has 2 rings (SSSR count). The zero-order valence-electron chi connectivity index (χ0n) is 14.7. The monoisotopic (exact) mass is 352 g/mol. The zero-order chi connectivity index (χ0) is 19.4. The molecule has 134 valence electrons. The maximum absolute atomic E-state index is 11.6. The minimum Gasteiger partial charge on any atom is -0.366 e. The number of carbonyl (C=O) groups excluding carboxylic acids is 4. The van der Waals surface area contributed by atoms with E-state index in [-0.39, 0.29) is 22.3 Å². The van der Waals surface area contributed by atoms with Crippen molar-refractivity contribution in [1.29, 1.82) is 0 Å². The lowest BCUT2D eigenvalue weighted by Gasteiger charge is -2.17. The molecule has 0 fully saturated rings. The Morgan fingerprint density at radius 2 is 1.12 bits per heavy atom. The SMILES string of the molecule is CCc1cc(C(N)=O)c(C=O)cc1-c1cc(C=O)c(C(N)=O)cc1CC. The van der Waals surface area contributed by atoms with Gasteiger partial charge in [-0.25, -0.2) is 0 Å². The van der Waals surface area contributed by atoms with Crippen LogP contribution >= 0.6 is 0 Å². The highest BCUT2D eigenvalue weighted by atomic mass is 16.1. The molecule has 0 heterocycles. The van der Waals surface area contributed by atoms with Gasteiger partial charge < -0.3 is 11.5 Å². The lowest BCUT2D eigenvalue weighted by atomic mass is 9.87. The molecule has 0 atom stereocenters. The van der Waals surface area contributed by atoms with E-state index >= 15 is 0 Å². The minimum absolute atomic E-state index is 0.156. The number of carbonyl (C=O) groups is 4. The smallest absolute Gasteiger partial charge is 0.249 e. The van der Waals surface area contributed by atoms with Crippen molar-refractivity contribution in [3.63, 3.8) is 0 Å². The van der Waals surface area contributed by atoms with E-state index in [1.54, 1.807) is 24.3 Å². The quantitative estimate of drug-likeness (QED) is 0.743. The first kappa shape index (κ1) is 19.1. The largest absolute Gasteiger partial charge is 0.366 e. The molecule has 0 saturated carbocycles. The maximum atomic E-state index is 11.6. The van der Waals surface area contributed by atoms with Gasteiger partial charge in [0.2, 0.25) is 11.8 Å². The topological polar surface area (TPSA) is 120 Å². The molecule has 4 N–H and O–H groups in total. The van der Waals surface area contributed by atoms with Crippen LogP contribution in [0.3, 0.4) is 0 Å². The molecule has 0 spiro atoms. The average molecular weight is 352 g/mol. The predicted molar refractivity (Wildman–Crippen MR) is 98.4 cm³/mol. The van der Waals surface area contributed by atoms with Gasteiger partial charge in [-0.15, -0.1) is 0 Å². The van der Waals surface area contributed by atoms with E-state index in [2.05, 4.69) is 0 Å². The fourth-order valence-corrected chi connectivity index (χ4v) is 3.03. The van der Waals surface area contributed by atoms with Gasteiger partial charge in [0.15, 0.2) is 12.6 Å². The van der Waals surface area contributed by atoms with Crippen LogP contribution in [0.25, 0.3) is 11.1 Å². The van der Waals surface area contributed by atoms with Gasteiger partial charge in [0.1, 0.15) is 0 Å². The van der Waals surface area contributed by atoms with Crippen LogP contribution in [-0.4, -0.2) is 24.4 Å². The molecule has 0 aliphatic heterocycles. The Morgan fingerprint density at radius 3 is 1.35 bits per heavy atom. The van der Waals surface area contributed by atoms with Gasteiger partial charge in [0.05, 0.1) is 0 Å². The van der Waals surface area contributed by atoms with Gasteiger partial charge in [-0.2, -0.15) is 0 Å². The number of nitrogens with two attached hydrogens (primary N) is 2. The summed E-state index contributed by atoms with van der Waals surface area (Å²) in [6.07, 6.45) is 2.33. The molecule has 0 aliphatic carbocycles. The first-order chi connectivity index (χ1) is 12.4. The standard InChI is InChI=1S/C20H20N2O4/c1-3-11-5-17(19(21)25)13(9-23)7-15(11)16-8-14(10-24)18(20(22)26)6-12(16)4-2/h5-10H,3-4H2,1-2H3,(H2,21,25)(H2,22,26). The molecule has 26 heavy (non-hydrogen) atoms. The van der Waals surface area contributed by atoms with Crippen molar-refractivity contribution in [2.75, 3.05) is 0 Å². The lowest BCUT2D eigenvalue weighted by Crippen LogP contribution is -2.16. The third-order valence-corrected chi connectivity index (χ3v) is 4.39. The summed E-state index contributed by atoms with van der Waals surface area (Å²) in [4.78, 5) is 46.0. The number of aryl methyl sites for hydroxylation is 2. The molecule has 0 saturated heterocycles. The number of benzene rings is 2. The van der Waals surface area contributed by atoms with E-state index < -0.39 is 11.8 Å². The summed E-state index contributed by atoms with van der Waals surface area (Å²) in [5.41, 5.74) is 14.4. The van der Waals surface area contributed by atoms with Crippen LogP contribution in [0, 0.1) is 0 Å². The van der Waals surface area contributed by atoms with E-state index in [9.17, 15) is 19.2 Å². The fourth-order valence-electron chi connectivity index (χ4n) is 3.03. The van der Waals surface area contributed by atoms with Crippen LogP contribution in [0.15, 0.2) is 24.3 Å². The molecule has 0 aromatic heterocycles. The van der Waals surface area contributed by atoms with E-state index in [1.165, 1.54) is 0 Å². The van der Waals surface area contributed by atoms with Gasteiger partial charge in [0, 0.05) is 22.3 Å². The Morgan fingerprint density at radius 1 is 0.769 bits per heavy atom. The molecule has 6 nitrogen and oxygen atoms in total. The van der Waals surface area contributed by atoms with Crippen molar-refractivity contribution in [1.82, 2.24) is 0 Å². The van der Waals surface area contributed by atoms with Crippen LogP contribution in [-0.2, 0) is 12.8 Å². The van der Waals surface area contributed by atoms with Crippen LogP contribution < -0.4 is 11.5 Å². The lowest BCUT2D eigenvalue weighted by molar-refractivity contribution is 0.0987. The van der Waals surface area contributed by atoms with Crippen molar-refractivity contribution < 1.29 is 19.2 Å². The van der Waals surface area contributed by atoms with Crippen LogP contribution in [0.5, 0.6) is 0 Å². The number of amides is 2. The van der Waals surface area contributed by atoms with Crippen molar-refractivity contribution in [3.05, 3.63) is 57.6 Å². The Hall–Kier alpha value is -3.28. The highest BCUT2D eigenvalue weighted by molar-refractivity contribution is 6.04. The Kier molecular flexibility index (Phi) is 5.67. The molecular formula is C20H20N2O4. The van der Waals surface area contributed by atoms with Crippen molar-refractivity contribution >= 4 is 24.4 Å². The van der Waals surface area contributed by atoms with E-state index in [0.717, 1.165) is 22.3 Å². The highest BCUT2D eigenvalue weighted by Gasteiger charge is 2.18. The van der Waals surface area contributed by atoms with Gasteiger partial charge >= 0.3 is 0 Å². The molecule has 0 radical (unpaired) electrons. The number of rotatable bonds is 7. The second-order valence-corrected chi connectivity index (χ2v) is 5.86. The molecule has 2 aromatic carbocycles. The summed E-state index contributed by atoms with van der Waals surface area (Å²) in [5.74, 6) is -1.36. The Labute approximate surface area is 151 Å². The maximum Gasteiger partial charge on any atom is 0.249 e. The van der Waals surface area contributed by atoms with Crippen LogP contribution in [0.4, 0.5) is 0 Å². The Bertz CT molecular complexity index is 841. The number of hydrogen-bond donors (Lipinski definition) is 2. The normalized spacial score (nSPS) is 10.4. The average Bonchev–Trinajstić information content (AvgIpc) is 2.65. The molecule has 0 unspecified atom stereocenters. The summed E-state index contributed by atoms with van der Waals surface area (Å²) in [5, 5.41) is 0. The second-order valence-electron chi connectivity index (χ2n) is 5.86. The van der Waals surface area contributed by atoms with Gasteiger partial charge in [0.25, 0.3) is 0 Å². The van der Waals surface area contributed by atoms with Crippen molar-refractivity contribution in [3.8, 4) is 11.1 Å². The van der Waals surface area contributed by atoms with Crippen LogP contribution in [0.2, 0.25) is 0 Å². The molecule has 2 amide bonds. The minimum atomic E-state index is -0.679. The summed E-state index contributed by atoms with van der Waals surface area (Å²) in [7, 11) is 0. The van der Waals surface area contributed by atoms with Crippen LogP contribution in [0.1, 0.15) is 66.4 Å². The highest BCUT2D eigenvalue weighted by Crippen LogP contribution is 2.32. The third-order valence-electron chi connectivity index (χ3n) is 4.39. The molecule has 2 aromatic rings. The summed E-state index contributed by atoms with van der Waals surface area (Å²) in [6.45, 7) is 3.82. The number of primary amides is 2. The second kappa shape index (κ2) is 7.74. The zero-order valence-corrected chi connectivity index (χ0v) is 14.7.